The number of piperidine rings is 1. The van der Waals surface area contributed by atoms with Gasteiger partial charge in [0.25, 0.3) is 0 Å². The van der Waals surface area contributed by atoms with E-state index in [-0.39, 0.29) is 30.2 Å². The van der Waals surface area contributed by atoms with Crippen LogP contribution in [-0.4, -0.2) is 35.9 Å². The van der Waals surface area contributed by atoms with Gasteiger partial charge in [0, 0.05) is 31.2 Å². The van der Waals surface area contributed by atoms with Gasteiger partial charge in [0.05, 0.1) is 17.5 Å². The van der Waals surface area contributed by atoms with E-state index in [9.17, 15) is 18.0 Å². The van der Waals surface area contributed by atoms with Crippen molar-refractivity contribution in [2.75, 3.05) is 25.0 Å². The molecule has 0 spiro atoms. The highest BCUT2D eigenvalue weighted by Crippen LogP contribution is 2.37. The average Bonchev–Trinajstić information content (AvgIpc) is 3.20. The summed E-state index contributed by atoms with van der Waals surface area (Å²) in [5.74, 6) is -0.462. The van der Waals surface area contributed by atoms with Crippen molar-refractivity contribution in [2.24, 2.45) is 5.92 Å². The van der Waals surface area contributed by atoms with Crippen molar-refractivity contribution in [2.45, 2.75) is 32.0 Å². The van der Waals surface area contributed by atoms with Crippen LogP contribution in [0.4, 0.5) is 19.0 Å². The Balaban J connectivity index is 1.76. The van der Waals surface area contributed by atoms with Gasteiger partial charge < -0.3 is 9.80 Å². The maximum absolute atomic E-state index is 13.3. The van der Waals surface area contributed by atoms with Gasteiger partial charge in [0.15, 0.2) is 0 Å². The van der Waals surface area contributed by atoms with Gasteiger partial charge in [-0.25, -0.2) is 4.98 Å². The molecule has 0 aromatic carbocycles. The summed E-state index contributed by atoms with van der Waals surface area (Å²) in [6, 6.07) is 6.19. The van der Waals surface area contributed by atoms with E-state index in [4.69, 9.17) is 0 Å². The first kappa shape index (κ1) is 19.7. The molecule has 146 valence electrons. The van der Waals surface area contributed by atoms with Gasteiger partial charge >= 0.3 is 6.18 Å². The predicted molar refractivity (Wildman–Crippen MR) is 99.7 cm³/mol. The summed E-state index contributed by atoms with van der Waals surface area (Å²) in [6.45, 7) is 2.68. The summed E-state index contributed by atoms with van der Waals surface area (Å²) >= 11 is 1.59. The normalized spacial score (nSPS) is 19.0. The van der Waals surface area contributed by atoms with Crippen LogP contribution in [0, 0.1) is 5.92 Å². The molecule has 0 aliphatic carbocycles. The van der Waals surface area contributed by atoms with E-state index in [0.29, 0.717) is 19.4 Å². The summed E-state index contributed by atoms with van der Waals surface area (Å²) in [4.78, 5) is 21.3. The molecule has 0 bridgehead atoms. The lowest BCUT2D eigenvalue weighted by molar-refractivity contribution is -0.137. The van der Waals surface area contributed by atoms with Gasteiger partial charge in [0.2, 0.25) is 5.91 Å². The van der Waals surface area contributed by atoms with Crippen LogP contribution in [0.2, 0.25) is 0 Å². The van der Waals surface area contributed by atoms with Crippen molar-refractivity contribution in [3.63, 3.8) is 0 Å². The Bertz CT molecular complexity index is 779. The molecule has 4 nitrogen and oxygen atoms in total. The molecule has 2 unspecified atom stereocenters. The molecule has 27 heavy (non-hydrogen) atoms. The maximum Gasteiger partial charge on any atom is 0.419 e. The van der Waals surface area contributed by atoms with Crippen LogP contribution < -0.4 is 4.90 Å². The van der Waals surface area contributed by atoms with Crippen molar-refractivity contribution in [1.29, 1.82) is 0 Å². The third kappa shape index (κ3) is 4.26. The van der Waals surface area contributed by atoms with Gasteiger partial charge in [-0.3, -0.25) is 4.79 Å². The highest BCUT2D eigenvalue weighted by atomic mass is 32.1. The van der Waals surface area contributed by atoms with Crippen LogP contribution in [0.3, 0.4) is 0 Å². The Labute approximate surface area is 160 Å². The number of nitrogens with zero attached hydrogens (tertiary/aromatic N) is 3. The molecule has 3 heterocycles. The largest absolute Gasteiger partial charge is 0.419 e. The molecule has 1 saturated heterocycles. The number of thiophene rings is 1. The number of amides is 1. The number of alkyl halides is 3. The van der Waals surface area contributed by atoms with E-state index < -0.39 is 11.7 Å². The van der Waals surface area contributed by atoms with Crippen molar-refractivity contribution < 1.29 is 18.0 Å². The third-order valence-electron chi connectivity index (χ3n) is 5.05. The molecule has 1 aliphatic rings. The van der Waals surface area contributed by atoms with Crippen LogP contribution in [0.1, 0.15) is 36.2 Å². The van der Waals surface area contributed by atoms with Gasteiger partial charge in [-0.15, -0.1) is 11.3 Å². The molecular weight excluding hydrogens is 375 g/mol. The van der Waals surface area contributed by atoms with Crippen molar-refractivity contribution in [3.8, 4) is 0 Å². The Kier molecular flexibility index (Phi) is 5.74. The zero-order valence-corrected chi connectivity index (χ0v) is 16.1. The van der Waals surface area contributed by atoms with Gasteiger partial charge in [-0.1, -0.05) is 6.07 Å². The molecule has 1 amide bonds. The number of rotatable bonds is 4. The first-order valence-electron chi connectivity index (χ1n) is 8.86. The number of hydrogen-bond acceptors (Lipinski definition) is 4. The minimum absolute atomic E-state index is 0.0370. The predicted octanol–water partition coefficient (Wildman–Crippen LogP) is 4.60. The lowest BCUT2D eigenvalue weighted by Crippen LogP contribution is -2.45. The van der Waals surface area contributed by atoms with Gasteiger partial charge in [0.1, 0.15) is 5.82 Å². The quantitative estimate of drug-likeness (QED) is 0.757. The van der Waals surface area contributed by atoms with E-state index in [1.54, 1.807) is 28.2 Å². The van der Waals surface area contributed by atoms with Crippen molar-refractivity contribution >= 4 is 23.1 Å². The van der Waals surface area contributed by atoms with Crippen LogP contribution in [0.5, 0.6) is 0 Å². The van der Waals surface area contributed by atoms with E-state index in [2.05, 4.69) is 4.98 Å². The number of carbonyl (C=O) groups is 1. The van der Waals surface area contributed by atoms with Crippen LogP contribution in [-0.2, 0) is 11.0 Å². The lowest BCUT2D eigenvalue weighted by Gasteiger charge is -2.36. The number of aromatic nitrogens is 1. The fourth-order valence-electron chi connectivity index (χ4n) is 3.44. The van der Waals surface area contributed by atoms with Crippen LogP contribution in [0.15, 0.2) is 35.8 Å². The second-order valence-corrected chi connectivity index (χ2v) is 7.78. The molecule has 1 fully saturated rings. The summed E-state index contributed by atoms with van der Waals surface area (Å²) < 4.78 is 39.9. The van der Waals surface area contributed by atoms with E-state index in [0.717, 1.165) is 10.9 Å². The maximum atomic E-state index is 13.3. The Hall–Kier alpha value is -2.09. The number of carbonyl (C=O) groups excluding carboxylic acids is 1. The smallest absolute Gasteiger partial charge is 0.355 e. The fourth-order valence-corrected chi connectivity index (χ4v) is 4.27. The topological polar surface area (TPSA) is 36.4 Å². The Morgan fingerprint density at radius 2 is 2.15 bits per heavy atom. The zero-order valence-electron chi connectivity index (χ0n) is 15.2. The van der Waals surface area contributed by atoms with E-state index in [1.807, 2.05) is 24.4 Å². The summed E-state index contributed by atoms with van der Waals surface area (Å²) in [5.41, 5.74) is -0.751. The molecule has 8 heteroatoms. The number of pyridine rings is 1. The minimum Gasteiger partial charge on any atom is -0.355 e. The second-order valence-electron chi connectivity index (χ2n) is 6.80. The Morgan fingerprint density at radius 1 is 1.37 bits per heavy atom. The molecule has 3 rings (SSSR count). The van der Waals surface area contributed by atoms with Gasteiger partial charge in [-0.2, -0.15) is 13.2 Å². The highest BCUT2D eigenvalue weighted by Gasteiger charge is 2.38. The third-order valence-corrected chi connectivity index (χ3v) is 6.09. The molecular formula is C19H22F3N3OS. The monoisotopic (exact) mass is 397 g/mol. The molecule has 0 saturated carbocycles. The fraction of sp³-hybridized carbons (Fsp3) is 0.474. The number of anilines is 1. The summed E-state index contributed by atoms with van der Waals surface area (Å²) in [7, 11) is 1.76. The standard InChI is InChI=1S/C19H22F3N3OS/c1-13(16-8-5-11-27-16)24(2)18(26)14-6-4-10-25(12-14)17-15(19(20,21)22)7-3-9-23-17/h3,5,7-9,11,13-14H,4,6,10,12H2,1-2H3. The van der Waals surface area contributed by atoms with E-state index >= 15 is 0 Å². The molecule has 2 atom stereocenters. The summed E-state index contributed by atoms with van der Waals surface area (Å²) in [5, 5.41) is 1.96. The molecule has 2 aromatic heterocycles. The summed E-state index contributed by atoms with van der Waals surface area (Å²) in [6.07, 6.45) is -1.78. The van der Waals surface area contributed by atoms with Crippen LogP contribution in [0.25, 0.3) is 0 Å². The van der Waals surface area contributed by atoms with Crippen LogP contribution >= 0.6 is 11.3 Å². The first-order chi connectivity index (χ1) is 12.8. The SMILES string of the molecule is CC(c1cccs1)N(C)C(=O)C1CCCN(c2ncccc2C(F)(F)F)C1. The highest BCUT2D eigenvalue weighted by molar-refractivity contribution is 7.10. The minimum atomic E-state index is -4.47. The van der Waals surface area contributed by atoms with E-state index in [1.165, 1.54) is 12.3 Å². The zero-order chi connectivity index (χ0) is 19.6. The Morgan fingerprint density at radius 3 is 2.81 bits per heavy atom. The lowest BCUT2D eigenvalue weighted by atomic mass is 9.95. The van der Waals surface area contributed by atoms with Crippen molar-refractivity contribution in [3.05, 3.63) is 46.3 Å². The average molecular weight is 397 g/mol. The molecule has 0 N–H and O–H groups in total. The number of hydrogen-bond donors (Lipinski definition) is 0. The molecule has 0 radical (unpaired) electrons. The second kappa shape index (κ2) is 7.88. The number of halogens is 3. The first-order valence-corrected chi connectivity index (χ1v) is 9.74. The molecule has 2 aromatic rings. The molecule has 1 aliphatic heterocycles. The van der Waals surface area contributed by atoms with Crippen molar-refractivity contribution in [1.82, 2.24) is 9.88 Å². The van der Waals surface area contributed by atoms with Gasteiger partial charge in [-0.05, 0) is 43.3 Å².